The van der Waals surface area contributed by atoms with Crippen molar-refractivity contribution in [3.8, 4) is 5.75 Å². The van der Waals surface area contributed by atoms with E-state index in [0.29, 0.717) is 24.6 Å². The van der Waals surface area contributed by atoms with Crippen LogP contribution in [0.4, 0.5) is 0 Å². The molecule has 0 aliphatic carbocycles. The van der Waals surface area contributed by atoms with Crippen LogP contribution in [0, 0.1) is 6.92 Å². The van der Waals surface area contributed by atoms with Crippen LogP contribution in [0.3, 0.4) is 0 Å². The fourth-order valence-electron chi connectivity index (χ4n) is 3.73. The van der Waals surface area contributed by atoms with Gasteiger partial charge in [0.2, 0.25) is 0 Å². The number of benzene rings is 1. The summed E-state index contributed by atoms with van der Waals surface area (Å²) in [6.07, 6.45) is 4.37. The van der Waals surface area contributed by atoms with Crippen molar-refractivity contribution in [3.05, 3.63) is 77.3 Å². The Morgan fingerprint density at radius 2 is 2.07 bits per heavy atom. The maximum atomic E-state index is 12.8. The van der Waals surface area contributed by atoms with Crippen molar-refractivity contribution in [1.82, 2.24) is 14.9 Å². The van der Waals surface area contributed by atoms with E-state index in [-0.39, 0.29) is 11.8 Å². The molecule has 1 fully saturated rings. The number of carbonyl (C=O) groups is 1. The Labute approximate surface area is 170 Å². The molecule has 0 N–H and O–H groups in total. The number of carbonyl (C=O) groups excluding carboxylic acids is 1. The number of hydrogen-bond acceptors (Lipinski definition) is 5. The van der Waals surface area contributed by atoms with Crippen LogP contribution in [0.15, 0.2) is 53.1 Å². The van der Waals surface area contributed by atoms with E-state index in [1.54, 1.807) is 19.4 Å². The summed E-state index contributed by atoms with van der Waals surface area (Å²) >= 11 is 0. The summed E-state index contributed by atoms with van der Waals surface area (Å²) in [5.41, 5.74) is 2.48. The van der Waals surface area contributed by atoms with E-state index in [1.807, 2.05) is 48.2 Å². The van der Waals surface area contributed by atoms with Gasteiger partial charge in [-0.15, -0.1) is 0 Å². The summed E-state index contributed by atoms with van der Waals surface area (Å²) in [7, 11) is 1.66. The Kier molecular flexibility index (Phi) is 5.60. The number of pyridine rings is 1. The average molecular weight is 391 g/mol. The molecule has 1 aliphatic heterocycles. The van der Waals surface area contributed by atoms with Crippen molar-refractivity contribution in [3.63, 3.8) is 0 Å². The first-order valence-electron chi connectivity index (χ1n) is 9.93. The number of nitrogens with zero attached hydrogens (tertiary/aromatic N) is 3. The summed E-state index contributed by atoms with van der Waals surface area (Å²) in [5.74, 6) is 2.46. The Balaban J connectivity index is 1.42. The Morgan fingerprint density at radius 3 is 2.83 bits per heavy atom. The highest BCUT2D eigenvalue weighted by Gasteiger charge is 2.29. The van der Waals surface area contributed by atoms with Gasteiger partial charge in [-0.2, -0.15) is 0 Å². The molecule has 0 unspecified atom stereocenters. The topological polar surface area (TPSA) is 68.5 Å². The molecule has 1 aromatic carbocycles. The number of ether oxygens (including phenoxy) is 1. The summed E-state index contributed by atoms with van der Waals surface area (Å²) in [5, 5.41) is 0. The third-order valence-corrected chi connectivity index (χ3v) is 5.27. The van der Waals surface area contributed by atoms with Gasteiger partial charge in [0.15, 0.2) is 5.89 Å². The summed E-state index contributed by atoms with van der Waals surface area (Å²) in [6.45, 7) is 3.24. The second-order valence-electron chi connectivity index (χ2n) is 7.44. The number of aryl methyl sites for hydroxylation is 1. The zero-order valence-corrected chi connectivity index (χ0v) is 16.8. The first-order valence-corrected chi connectivity index (χ1v) is 9.93. The van der Waals surface area contributed by atoms with Gasteiger partial charge >= 0.3 is 0 Å². The van der Waals surface area contributed by atoms with Crippen LogP contribution in [0.5, 0.6) is 5.75 Å². The van der Waals surface area contributed by atoms with Gasteiger partial charge in [0.05, 0.1) is 19.2 Å². The van der Waals surface area contributed by atoms with Crippen molar-refractivity contribution in [1.29, 1.82) is 0 Å². The maximum Gasteiger partial charge on any atom is 0.272 e. The molecule has 1 saturated heterocycles. The predicted molar refractivity (Wildman–Crippen MR) is 109 cm³/mol. The second-order valence-corrected chi connectivity index (χ2v) is 7.44. The number of methoxy groups -OCH3 is 1. The van der Waals surface area contributed by atoms with E-state index in [1.165, 1.54) is 0 Å². The van der Waals surface area contributed by atoms with Crippen molar-refractivity contribution in [2.75, 3.05) is 20.2 Å². The zero-order chi connectivity index (χ0) is 20.2. The fourth-order valence-corrected chi connectivity index (χ4v) is 3.73. The third kappa shape index (κ3) is 4.47. The first kappa shape index (κ1) is 19.2. The van der Waals surface area contributed by atoms with Crippen molar-refractivity contribution in [2.24, 2.45) is 0 Å². The number of aromatic nitrogens is 2. The minimum Gasteiger partial charge on any atom is -0.497 e. The lowest BCUT2D eigenvalue weighted by Gasteiger charge is -2.31. The maximum absolute atomic E-state index is 12.8. The first-order chi connectivity index (χ1) is 14.1. The highest BCUT2D eigenvalue weighted by Crippen LogP contribution is 2.28. The molecular formula is C23H25N3O3. The number of oxazole rings is 1. The summed E-state index contributed by atoms with van der Waals surface area (Å²) in [4.78, 5) is 23.6. The van der Waals surface area contributed by atoms with E-state index in [9.17, 15) is 4.79 Å². The number of rotatable bonds is 5. The normalized spacial score (nSPS) is 16.6. The molecule has 0 bridgehead atoms. The molecule has 3 aromatic rings. The minimum atomic E-state index is -0.0246. The van der Waals surface area contributed by atoms with Gasteiger partial charge in [0.25, 0.3) is 5.91 Å². The Bertz CT molecular complexity index is 981. The monoisotopic (exact) mass is 391 g/mol. The van der Waals surface area contributed by atoms with Crippen molar-refractivity contribution >= 4 is 5.91 Å². The van der Waals surface area contributed by atoms with Gasteiger partial charge in [-0.3, -0.25) is 4.79 Å². The predicted octanol–water partition coefficient (Wildman–Crippen LogP) is 4.00. The molecule has 3 heterocycles. The Morgan fingerprint density at radius 1 is 1.24 bits per heavy atom. The van der Waals surface area contributed by atoms with E-state index < -0.39 is 0 Å². The van der Waals surface area contributed by atoms with Crippen LogP contribution in [0.2, 0.25) is 0 Å². The SMILES string of the molecule is COc1ccc(Cc2cnc([C@@H]3CCCN(C(=O)c4cccc(C)n4)C3)o2)cc1. The van der Waals surface area contributed by atoms with Gasteiger partial charge in [-0.1, -0.05) is 18.2 Å². The molecule has 1 aliphatic rings. The molecule has 29 heavy (non-hydrogen) atoms. The second kappa shape index (κ2) is 8.47. The third-order valence-electron chi connectivity index (χ3n) is 5.27. The minimum absolute atomic E-state index is 0.0246. The zero-order valence-electron chi connectivity index (χ0n) is 16.8. The molecule has 150 valence electrons. The molecule has 2 aromatic heterocycles. The molecule has 0 saturated carbocycles. The number of hydrogen-bond donors (Lipinski definition) is 0. The van der Waals surface area contributed by atoms with Gasteiger partial charge in [-0.05, 0) is 49.6 Å². The van der Waals surface area contributed by atoms with E-state index in [2.05, 4.69) is 9.97 Å². The fraction of sp³-hybridized carbons (Fsp3) is 0.348. The lowest BCUT2D eigenvalue weighted by atomic mass is 9.97. The van der Waals surface area contributed by atoms with Gasteiger partial charge < -0.3 is 14.1 Å². The smallest absolute Gasteiger partial charge is 0.272 e. The van der Waals surface area contributed by atoms with Gasteiger partial charge in [0.1, 0.15) is 17.2 Å². The van der Waals surface area contributed by atoms with Gasteiger partial charge in [0, 0.05) is 25.2 Å². The highest BCUT2D eigenvalue weighted by molar-refractivity contribution is 5.92. The van der Waals surface area contributed by atoms with Crippen LogP contribution >= 0.6 is 0 Å². The number of piperidine rings is 1. The quantitative estimate of drug-likeness (QED) is 0.658. The lowest BCUT2D eigenvalue weighted by Crippen LogP contribution is -2.39. The van der Waals surface area contributed by atoms with Gasteiger partial charge in [-0.25, -0.2) is 9.97 Å². The number of likely N-dealkylation sites (tertiary alicyclic amines) is 1. The molecule has 4 rings (SSSR count). The standard InChI is InChI=1S/C23H25N3O3/c1-16-5-3-7-21(25-16)23(27)26-12-4-6-18(15-26)22-24-14-20(29-22)13-17-8-10-19(28-2)11-9-17/h3,5,7-11,14,18H,4,6,12-13,15H2,1-2H3/t18-/m1/s1. The highest BCUT2D eigenvalue weighted by atomic mass is 16.5. The van der Waals surface area contributed by atoms with Crippen LogP contribution in [0.25, 0.3) is 0 Å². The molecule has 0 radical (unpaired) electrons. The van der Waals surface area contributed by atoms with Crippen molar-refractivity contribution < 1.29 is 13.9 Å². The molecule has 6 heteroatoms. The average Bonchev–Trinajstić information content (AvgIpc) is 3.22. The molecule has 1 amide bonds. The van der Waals surface area contributed by atoms with E-state index >= 15 is 0 Å². The van der Waals surface area contributed by atoms with Crippen molar-refractivity contribution in [2.45, 2.75) is 32.1 Å². The molecule has 6 nitrogen and oxygen atoms in total. The van der Waals surface area contributed by atoms with Crippen LogP contribution in [0.1, 0.15) is 52.2 Å². The van der Waals surface area contributed by atoms with Crippen LogP contribution < -0.4 is 4.74 Å². The summed E-state index contributed by atoms with van der Waals surface area (Å²) in [6, 6.07) is 13.5. The lowest BCUT2D eigenvalue weighted by molar-refractivity contribution is 0.0691. The molecule has 0 spiro atoms. The molecule has 1 atom stereocenters. The van der Waals surface area contributed by atoms with Crippen LogP contribution in [-0.4, -0.2) is 41.0 Å². The summed E-state index contributed by atoms with van der Waals surface area (Å²) < 4.78 is 11.2. The van der Waals surface area contributed by atoms with Crippen LogP contribution in [-0.2, 0) is 6.42 Å². The van der Waals surface area contributed by atoms with E-state index in [0.717, 1.165) is 42.2 Å². The number of amides is 1. The Hall–Kier alpha value is -3.15. The largest absolute Gasteiger partial charge is 0.497 e. The van der Waals surface area contributed by atoms with E-state index in [4.69, 9.17) is 9.15 Å². The molecular weight excluding hydrogens is 366 g/mol.